The molecule has 0 radical (unpaired) electrons. The molecule has 0 aromatic heterocycles. The smallest absolute Gasteiger partial charge is 0.320 e. The first-order valence-corrected chi connectivity index (χ1v) is 17.6. The zero-order chi connectivity index (χ0) is 37.4. The van der Waals surface area contributed by atoms with Crippen molar-refractivity contribution in [1.82, 2.24) is 24.9 Å². The number of rotatable bonds is 13. The van der Waals surface area contributed by atoms with Gasteiger partial charge in [0.1, 0.15) is 16.8 Å². The summed E-state index contributed by atoms with van der Waals surface area (Å²) in [4.78, 5) is 71.5. The third kappa shape index (κ3) is 22.3. The molecular weight excluding hydrogens is 630 g/mol. The van der Waals surface area contributed by atoms with E-state index in [0.717, 1.165) is 12.8 Å². The summed E-state index contributed by atoms with van der Waals surface area (Å²) in [7, 11) is 0. The highest BCUT2D eigenvalue weighted by atomic mass is 16.6. The Labute approximate surface area is 295 Å². The molecule has 282 valence electrons. The minimum Gasteiger partial charge on any atom is -0.459 e. The number of nitrogens with zero attached hydrogens (tertiary/aromatic N) is 4. The number of nitrogens with one attached hydrogen (secondary N) is 1. The van der Waals surface area contributed by atoms with Gasteiger partial charge < -0.3 is 24.4 Å². The molecule has 1 rings (SSSR count). The first-order valence-electron chi connectivity index (χ1n) is 17.6. The summed E-state index contributed by atoms with van der Waals surface area (Å²) in [5, 5.41) is 2.82. The van der Waals surface area contributed by atoms with E-state index in [0.29, 0.717) is 77.3 Å². The fraction of sp³-hybridized carbons (Fsp3) is 0.806. The van der Waals surface area contributed by atoms with E-state index in [2.05, 4.69) is 11.9 Å². The Kier molecular flexibility index (Phi) is 18.5. The molecule has 1 heterocycles. The van der Waals surface area contributed by atoms with Gasteiger partial charge in [0.15, 0.2) is 0 Å². The lowest BCUT2D eigenvalue weighted by Gasteiger charge is -2.34. The molecule has 49 heavy (non-hydrogen) atoms. The lowest BCUT2D eigenvalue weighted by atomic mass is 10.1. The summed E-state index contributed by atoms with van der Waals surface area (Å²) < 4.78 is 16.8. The average molecular weight is 696 g/mol. The van der Waals surface area contributed by atoms with Gasteiger partial charge in [0.2, 0.25) is 11.8 Å². The monoisotopic (exact) mass is 695 g/mol. The van der Waals surface area contributed by atoms with Gasteiger partial charge in [-0.3, -0.25) is 38.7 Å². The van der Waals surface area contributed by atoms with Gasteiger partial charge in [0, 0.05) is 70.9 Å². The van der Waals surface area contributed by atoms with Gasteiger partial charge >= 0.3 is 17.9 Å². The van der Waals surface area contributed by atoms with Crippen LogP contribution in [-0.4, -0.2) is 145 Å². The number of carbonyl (C=O) groups is 5. The lowest BCUT2D eigenvalue weighted by Crippen LogP contribution is -2.50. The molecule has 0 saturated carbocycles. The first kappa shape index (κ1) is 44.0. The van der Waals surface area contributed by atoms with Gasteiger partial charge in [0.05, 0.1) is 19.6 Å². The zero-order valence-electron chi connectivity index (χ0n) is 32.1. The Morgan fingerprint density at radius 2 is 0.918 bits per heavy atom. The van der Waals surface area contributed by atoms with Crippen LogP contribution in [0.5, 0.6) is 0 Å². The number of unbranched alkanes of at least 4 members (excludes halogenated alkanes) is 2. The van der Waals surface area contributed by atoms with E-state index in [4.69, 9.17) is 14.2 Å². The Hall–Kier alpha value is -3.03. The average Bonchev–Trinajstić information content (AvgIpc) is 2.91. The second-order valence-corrected chi connectivity index (χ2v) is 15.8. The van der Waals surface area contributed by atoms with Gasteiger partial charge in [-0.15, -0.1) is 0 Å². The lowest BCUT2D eigenvalue weighted by molar-refractivity contribution is -0.158. The molecule has 0 aromatic rings. The predicted molar refractivity (Wildman–Crippen MR) is 190 cm³/mol. The standard InChI is InChI=1S/C36H65N5O8/c1-28(2)33(46)37-16-14-12-13-15-29(42)41-23-21-39(26-31(44)48-35(6,7)8)19-17-38(25-30(43)47-34(3,4)5)18-20-40(22-24-41)27-32(45)49-36(9,10)11/h1,12-27H2,2-11H3,(H,37,46). The number of carbonyl (C=O) groups excluding carboxylic acids is 5. The van der Waals surface area contributed by atoms with Crippen molar-refractivity contribution in [3.8, 4) is 0 Å². The van der Waals surface area contributed by atoms with Gasteiger partial charge in [-0.05, 0) is 82.1 Å². The van der Waals surface area contributed by atoms with Crippen LogP contribution in [0, 0.1) is 0 Å². The Morgan fingerprint density at radius 1 is 0.571 bits per heavy atom. The van der Waals surface area contributed by atoms with Crippen LogP contribution in [0.2, 0.25) is 0 Å². The van der Waals surface area contributed by atoms with E-state index in [1.54, 1.807) is 11.8 Å². The van der Waals surface area contributed by atoms with Gasteiger partial charge in [-0.25, -0.2) is 0 Å². The number of hydrogen-bond acceptors (Lipinski definition) is 11. The zero-order valence-corrected chi connectivity index (χ0v) is 32.1. The molecule has 0 aromatic carbocycles. The fourth-order valence-electron chi connectivity index (χ4n) is 5.02. The molecule has 0 atom stereocenters. The third-order valence-electron chi connectivity index (χ3n) is 7.25. The van der Waals surface area contributed by atoms with E-state index >= 15 is 0 Å². The summed E-state index contributed by atoms with van der Waals surface area (Å²) in [6.07, 6.45) is 2.54. The largest absolute Gasteiger partial charge is 0.459 e. The maximum absolute atomic E-state index is 13.5. The summed E-state index contributed by atoms with van der Waals surface area (Å²) in [6.45, 7) is 25.8. The number of ether oxygens (including phenoxy) is 3. The minimum atomic E-state index is -0.640. The highest BCUT2D eigenvalue weighted by Crippen LogP contribution is 2.12. The van der Waals surface area contributed by atoms with Crippen LogP contribution in [0.3, 0.4) is 0 Å². The minimum absolute atomic E-state index is 0.0102. The van der Waals surface area contributed by atoms with Crippen molar-refractivity contribution < 1.29 is 38.2 Å². The van der Waals surface area contributed by atoms with Crippen molar-refractivity contribution in [3.05, 3.63) is 12.2 Å². The Morgan fingerprint density at radius 3 is 1.24 bits per heavy atom. The van der Waals surface area contributed by atoms with E-state index in [9.17, 15) is 24.0 Å². The van der Waals surface area contributed by atoms with Crippen LogP contribution >= 0.6 is 0 Å². The molecule has 0 bridgehead atoms. The molecule has 13 heteroatoms. The van der Waals surface area contributed by atoms with Crippen LogP contribution in [-0.2, 0) is 38.2 Å². The first-order chi connectivity index (χ1) is 22.5. The van der Waals surface area contributed by atoms with Crippen LogP contribution in [0.15, 0.2) is 12.2 Å². The van der Waals surface area contributed by atoms with Crippen molar-refractivity contribution in [2.24, 2.45) is 0 Å². The van der Waals surface area contributed by atoms with Gasteiger partial charge in [-0.2, -0.15) is 0 Å². The Balaban J connectivity index is 3.15. The second-order valence-electron chi connectivity index (χ2n) is 15.8. The summed E-state index contributed by atoms with van der Waals surface area (Å²) in [5.74, 6) is -1.26. The predicted octanol–water partition coefficient (Wildman–Crippen LogP) is 3.01. The van der Waals surface area contributed by atoms with E-state index in [1.807, 2.05) is 77.0 Å². The van der Waals surface area contributed by atoms with Crippen LogP contribution in [0.1, 0.15) is 94.9 Å². The molecule has 13 nitrogen and oxygen atoms in total. The molecule has 0 unspecified atom stereocenters. The summed E-state index contributed by atoms with van der Waals surface area (Å²) >= 11 is 0. The molecule has 2 amide bonds. The van der Waals surface area contributed by atoms with Crippen LogP contribution in [0.25, 0.3) is 0 Å². The van der Waals surface area contributed by atoms with Crippen LogP contribution in [0.4, 0.5) is 0 Å². The normalized spacial score (nSPS) is 16.6. The molecule has 0 spiro atoms. The van der Waals surface area contributed by atoms with E-state index in [1.165, 1.54) is 0 Å². The van der Waals surface area contributed by atoms with Crippen molar-refractivity contribution >= 4 is 29.7 Å². The molecule has 1 fully saturated rings. The van der Waals surface area contributed by atoms with Gasteiger partial charge in [0.25, 0.3) is 0 Å². The molecule has 0 aliphatic carbocycles. The third-order valence-corrected chi connectivity index (χ3v) is 7.25. The van der Waals surface area contributed by atoms with Crippen molar-refractivity contribution in [3.63, 3.8) is 0 Å². The van der Waals surface area contributed by atoms with Gasteiger partial charge in [-0.1, -0.05) is 13.0 Å². The maximum Gasteiger partial charge on any atom is 0.320 e. The number of esters is 3. The fourth-order valence-corrected chi connectivity index (χ4v) is 5.02. The highest BCUT2D eigenvalue weighted by molar-refractivity contribution is 5.92. The maximum atomic E-state index is 13.5. The summed E-state index contributed by atoms with van der Waals surface area (Å²) in [6, 6.07) is 0. The van der Waals surface area contributed by atoms with Crippen molar-refractivity contribution in [1.29, 1.82) is 0 Å². The molecule has 1 aliphatic heterocycles. The highest BCUT2D eigenvalue weighted by Gasteiger charge is 2.26. The SMILES string of the molecule is C=C(C)C(=O)NCCCCCC(=O)N1CCN(CC(=O)OC(C)(C)C)CCN(CC(=O)OC(C)(C)C)CCN(CC(=O)OC(C)(C)C)CC1. The summed E-state index contributed by atoms with van der Waals surface area (Å²) in [5.41, 5.74) is -1.45. The van der Waals surface area contributed by atoms with E-state index in [-0.39, 0.29) is 49.4 Å². The quantitative estimate of drug-likeness (QED) is 0.132. The second kappa shape index (κ2) is 20.6. The number of amides is 2. The van der Waals surface area contributed by atoms with Crippen molar-refractivity contribution in [2.75, 3.05) is 78.5 Å². The van der Waals surface area contributed by atoms with Crippen molar-refractivity contribution in [2.45, 2.75) is 112 Å². The molecule has 1 saturated heterocycles. The molecule has 1 aliphatic rings. The molecule has 1 N–H and O–H groups in total. The topological polar surface area (TPSA) is 138 Å². The Bertz CT molecular complexity index is 1060. The van der Waals surface area contributed by atoms with Crippen LogP contribution < -0.4 is 5.32 Å². The van der Waals surface area contributed by atoms with E-state index < -0.39 is 16.8 Å². The number of hydrogen-bond donors (Lipinski definition) is 1. The molecular formula is C36H65N5O8.